The van der Waals surface area contributed by atoms with Gasteiger partial charge in [-0.3, -0.25) is 15.1 Å². The lowest BCUT2D eigenvalue weighted by Gasteiger charge is -2.33. The normalized spacial score (nSPS) is 26.7. The first-order valence-electron chi connectivity index (χ1n) is 10.2. The lowest BCUT2D eigenvalue weighted by atomic mass is 10.0. The average molecular weight is 431 g/mol. The summed E-state index contributed by atoms with van der Waals surface area (Å²) >= 11 is 1.38. The maximum atomic E-state index is 13.6. The molecule has 158 valence electrons. The summed E-state index contributed by atoms with van der Waals surface area (Å²) in [6, 6.07) is 4.56. The van der Waals surface area contributed by atoms with Gasteiger partial charge in [-0.25, -0.2) is 9.37 Å². The van der Waals surface area contributed by atoms with Crippen molar-refractivity contribution < 1.29 is 13.9 Å². The highest BCUT2D eigenvalue weighted by atomic mass is 32.1. The van der Waals surface area contributed by atoms with E-state index in [0.29, 0.717) is 48.6 Å². The zero-order chi connectivity index (χ0) is 20.5. The van der Waals surface area contributed by atoms with Crippen molar-refractivity contribution in [3.63, 3.8) is 0 Å². The van der Waals surface area contributed by atoms with Crippen molar-refractivity contribution in [3.05, 3.63) is 29.0 Å². The Morgan fingerprint density at radius 2 is 2.17 bits per heavy atom. The molecular formula is C20H23FN6O2S. The number of guanidine groups is 1. The van der Waals surface area contributed by atoms with Gasteiger partial charge in [0.15, 0.2) is 0 Å². The van der Waals surface area contributed by atoms with Crippen molar-refractivity contribution in [1.82, 2.24) is 20.5 Å². The molecule has 0 spiro atoms. The number of aliphatic imine (C=N–C) groups is 2. The van der Waals surface area contributed by atoms with Gasteiger partial charge in [-0.2, -0.15) is 4.99 Å². The molecule has 0 saturated carbocycles. The summed E-state index contributed by atoms with van der Waals surface area (Å²) in [4.78, 5) is 29.4. The molecule has 3 aliphatic rings. The summed E-state index contributed by atoms with van der Waals surface area (Å²) in [6.07, 6.45) is 2.00. The Hall–Kier alpha value is -2.43. The van der Waals surface area contributed by atoms with E-state index in [1.165, 1.54) is 23.5 Å². The van der Waals surface area contributed by atoms with Crippen LogP contribution in [0.25, 0.3) is 10.2 Å². The molecule has 1 amide bonds. The highest BCUT2D eigenvalue weighted by Crippen LogP contribution is 2.31. The number of carbonyl (C=O) groups excluding carboxylic acids is 1. The maximum absolute atomic E-state index is 13.6. The number of thiazole rings is 1. The van der Waals surface area contributed by atoms with Gasteiger partial charge in [0.2, 0.25) is 11.9 Å². The summed E-state index contributed by atoms with van der Waals surface area (Å²) < 4.78 is 19.9. The van der Waals surface area contributed by atoms with Crippen molar-refractivity contribution in [2.45, 2.75) is 24.8 Å². The number of rotatable bonds is 2. The average Bonchev–Trinajstić information content (AvgIpc) is 3.17. The van der Waals surface area contributed by atoms with E-state index >= 15 is 0 Å². The van der Waals surface area contributed by atoms with Crippen LogP contribution < -0.4 is 10.6 Å². The first-order valence-corrected chi connectivity index (χ1v) is 11.1. The first kappa shape index (κ1) is 19.5. The largest absolute Gasteiger partial charge is 0.378 e. The molecule has 10 heteroatoms. The number of hydrogen-bond acceptors (Lipinski definition) is 7. The molecule has 4 heterocycles. The molecule has 2 N–H and O–H groups in total. The number of morpholine rings is 1. The molecule has 0 aliphatic carbocycles. The fraction of sp³-hybridized carbons (Fsp3) is 0.500. The minimum Gasteiger partial charge on any atom is -0.378 e. The van der Waals surface area contributed by atoms with E-state index in [9.17, 15) is 9.18 Å². The van der Waals surface area contributed by atoms with Crippen molar-refractivity contribution in [2.24, 2.45) is 9.98 Å². The Balaban J connectivity index is 1.53. The van der Waals surface area contributed by atoms with Crippen molar-refractivity contribution >= 4 is 39.3 Å². The molecule has 1 aromatic carbocycles. The number of piperidine rings is 1. The molecule has 1 unspecified atom stereocenters. The van der Waals surface area contributed by atoms with E-state index in [0.717, 1.165) is 30.6 Å². The van der Waals surface area contributed by atoms with Crippen LogP contribution in [0.15, 0.2) is 28.2 Å². The van der Waals surface area contributed by atoms with Gasteiger partial charge >= 0.3 is 0 Å². The third-order valence-electron chi connectivity index (χ3n) is 5.49. The second-order valence-corrected chi connectivity index (χ2v) is 8.67. The topological polar surface area (TPSA) is 91.2 Å². The Kier molecular flexibility index (Phi) is 5.45. The van der Waals surface area contributed by atoms with E-state index in [1.54, 1.807) is 6.07 Å². The van der Waals surface area contributed by atoms with Crippen LogP contribution in [-0.2, 0) is 9.53 Å². The van der Waals surface area contributed by atoms with E-state index in [4.69, 9.17) is 14.7 Å². The standard InChI is InChI=1S/C20H23FN6O2S/c21-12-3-4-15-14(10-12)24-19(30-15)16-17(23-13-2-1-5-22-11-13)25-20(26-18(16)28)27-6-8-29-9-7-27/h3-4,10,13,16,22H,1-2,5-9,11H2,(H,23,25,26,28)/t13-,16?/m1/s1. The molecule has 3 aliphatic heterocycles. The molecule has 2 aromatic rings. The number of aromatic nitrogens is 1. The summed E-state index contributed by atoms with van der Waals surface area (Å²) in [7, 11) is 0. The Bertz CT molecular complexity index is 1010. The quantitative estimate of drug-likeness (QED) is 0.753. The minimum atomic E-state index is -0.697. The molecule has 0 bridgehead atoms. The number of ether oxygens (including phenoxy) is 1. The fourth-order valence-electron chi connectivity index (χ4n) is 3.92. The molecule has 0 radical (unpaired) electrons. The van der Waals surface area contributed by atoms with Gasteiger partial charge in [-0.1, -0.05) is 0 Å². The smallest absolute Gasteiger partial charge is 0.244 e. The third kappa shape index (κ3) is 3.94. The lowest BCUT2D eigenvalue weighted by molar-refractivity contribution is -0.120. The van der Waals surface area contributed by atoms with Crippen molar-refractivity contribution in [1.29, 1.82) is 0 Å². The number of halogens is 1. The molecule has 8 nitrogen and oxygen atoms in total. The van der Waals surface area contributed by atoms with Crippen LogP contribution >= 0.6 is 11.3 Å². The number of nitrogens with zero attached hydrogens (tertiary/aromatic N) is 4. The second-order valence-electron chi connectivity index (χ2n) is 7.61. The van der Waals surface area contributed by atoms with Crippen LogP contribution in [-0.4, -0.2) is 73.0 Å². The van der Waals surface area contributed by atoms with Gasteiger partial charge in [-0.05, 0) is 31.5 Å². The van der Waals surface area contributed by atoms with Crippen LogP contribution in [0.3, 0.4) is 0 Å². The van der Waals surface area contributed by atoms with Crippen LogP contribution in [0.2, 0.25) is 0 Å². The van der Waals surface area contributed by atoms with Gasteiger partial charge in [0.25, 0.3) is 0 Å². The number of carbonyl (C=O) groups is 1. The number of hydrogen-bond donors (Lipinski definition) is 2. The second kappa shape index (κ2) is 8.37. The van der Waals surface area contributed by atoms with Gasteiger partial charge in [-0.15, -0.1) is 11.3 Å². The van der Waals surface area contributed by atoms with Gasteiger partial charge in [0.05, 0.1) is 29.5 Å². The highest BCUT2D eigenvalue weighted by Gasteiger charge is 2.36. The Morgan fingerprint density at radius 1 is 1.30 bits per heavy atom. The Morgan fingerprint density at radius 3 is 2.97 bits per heavy atom. The molecular weight excluding hydrogens is 407 g/mol. The molecule has 5 rings (SSSR count). The summed E-state index contributed by atoms with van der Waals surface area (Å²) in [5, 5.41) is 6.87. The number of amides is 1. The Labute approximate surface area is 177 Å². The lowest BCUT2D eigenvalue weighted by Crippen LogP contribution is -2.53. The number of amidine groups is 1. The zero-order valence-electron chi connectivity index (χ0n) is 16.4. The number of fused-ring (bicyclic) bond motifs is 1. The monoisotopic (exact) mass is 430 g/mol. The summed E-state index contributed by atoms with van der Waals surface area (Å²) in [5.41, 5.74) is 0.546. The van der Waals surface area contributed by atoms with Crippen LogP contribution in [0.1, 0.15) is 23.8 Å². The molecule has 2 atom stereocenters. The van der Waals surface area contributed by atoms with Gasteiger partial charge < -0.3 is 15.0 Å². The van der Waals surface area contributed by atoms with E-state index in [-0.39, 0.29) is 17.8 Å². The van der Waals surface area contributed by atoms with Crippen LogP contribution in [0.5, 0.6) is 0 Å². The van der Waals surface area contributed by atoms with Crippen LogP contribution in [0.4, 0.5) is 4.39 Å². The molecule has 2 fully saturated rings. The van der Waals surface area contributed by atoms with Gasteiger partial charge in [0, 0.05) is 25.7 Å². The summed E-state index contributed by atoms with van der Waals surface area (Å²) in [6.45, 7) is 4.29. The van der Waals surface area contributed by atoms with Crippen LogP contribution in [0, 0.1) is 5.82 Å². The SMILES string of the molecule is O=C1NC(N2CCOCC2)=NC(=N[C@@H]2CCCNC2)C1c1nc2cc(F)ccc2s1. The van der Waals surface area contributed by atoms with Crippen molar-refractivity contribution in [3.8, 4) is 0 Å². The summed E-state index contributed by atoms with van der Waals surface area (Å²) in [5.74, 6) is -0.240. The first-order chi connectivity index (χ1) is 14.7. The van der Waals surface area contributed by atoms with E-state index in [1.807, 2.05) is 4.90 Å². The molecule has 1 aromatic heterocycles. The zero-order valence-corrected chi connectivity index (χ0v) is 17.3. The highest BCUT2D eigenvalue weighted by molar-refractivity contribution is 7.18. The van der Waals surface area contributed by atoms with Gasteiger partial charge in [0.1, 0.15) is 22.6 Å². The number of nitrogens with one attached hydrogen (secondary N) is 2. The van der Waals surface area contributed by atoms with E-state index < -0.39 is 5.92 Å². The van der Waals surface area contributed by atoms with Crippen molar-refractivity contribution in [2.75, 3.05) is 39.4 Å². The van der Waals surface area contributed by atoms with E-state index in [2.05, 4.69) is 15.6 Å². The fourth-order valence-corrected chi connectivity index (χ4v) is 4.97. The predicted molar refractivity (Wildman–Crippen MR) is 114 cm³/mol. The minimum absolute atomic E-state index is 0.0728. The molecule has 2 saturated heterocycles. The number of benzene rings is 1. The molecule has 30 heavy (non-hydrogen) atoms. The maximum Gasteiger partial charge on any atom is 0.244 e. The predicted octanol–water partition coefficient (Wildman–Crippen LogP) is 1.49. The third-order valence-corrected chi connectivity index (χ3v) is 6.59.